The molecule has 1 aromatic heterocycles. The molecule has 8 heteroatoms. The molecule has 0 radical (unpaired) electrons. The highest BCUT2D eigenvalue weighted by Crippen LogP contribution is 2.28. The fourth-order valence-electron chi connectivity index (χ4n) is 2.04. The summed E-state index contributed by atoms with van der Waals surface area (Å²) in [5, 5.41) is 8.70. The monoisotopic (exact) mass is 391 g/mol. The molecule has 0 amide bonds. The average Bonchev–Trinajstić information content (AvgIpc) is 2.91. The zero-order valence-corrected chi connectivity index (χ0v) is 16.3. The Morgan fingerprint density at radius 1 is 1.26 bits per heavy atom. The number of carbonyl (C=O) groups excluding carboxylic acids is 1. The van der Waals surface area contributed by atoms with Gasteiger partial charge >= 0.3 is 5.97 Å². The summed E-state index contributed by atoms with van der Waals surface area (Å²) in [7, 11) is 1.44. The summed E-state index contributed by atoms with van der Waals surface area (Å²) < 4.78 is 11.3. The number of carboxylic acid groups (broad SMARTS) is 1. The van der Waals surface area contributed by atoms with Gasteiger partial charge < -0.3 is 19.6 Å². The van der Waals surface area contributed by atoms with Crippen LogP contribution < -0.4 is 24.2 Å². The molecule has 0 aliphatic heterocycles. The van der Waals surface area contributed by atoms with Gasteiger partial charge in [-0.15, -0.1) is 11.3 Å². The Labute approximate surface area is 159 Å². The van der Waals surface area contributed by atoms with Gasteiger partial charge in [0, 0.05) is 11.5 Å². The molecule has 0 saturated carbocycles. The van der Waals surface area contributed by atoms with E-state index < -0.39 is 18.0 Å². The number of ketones is 1. The van der Waals surface area contributed by atoms with E-state index in [1.54, 1.807) is 24.3 Å². The molecule has 7 nitrogen and oxygen atoms in total. The van der Waals surface area contributed by atoms with Crippen molar-refractivity contribution in [1.82, 2.24) is 4.98 Å². The van der Waals surface area contributed by atoms with Crippen molar-refractivity contribution in [2.75, 3.05) is 13.7 Å². The van der Waals surface area contributed by atoms with Crippen molar-refractivity contribution < 1.29 is 24.2 Å². The lowest BCUT2D eigenvalue weighted by molar-refractivity contribution is -0.139. The van der Waals surface area contributed by atoms with E-state index in [2.05, 4.69) is 4.98 Å². The largest absolute Gasteiger partial charge is 0.493 e. The lowest BCUT2D eigenvalue weighted by Crippen LogP contribution is -2.22. The molecule has 0 aliphatic carbocycles. The smallest absolute Gasteiger partial charge is 0.341 e. The van der Waals surface area contributed by atoms with Gasteiger partial charge in [-0.05, 0) is 23.8 Å². The van der Waals surface area contributed by atoms with Gasteiger partial charge in [-0.1, -0.05) is 26.8 Å². The number of ether oxygens (including phenoxy) is 2. The van der Waals surface area contributed by atoms with Gasteiger partial charge in [0.25, 0.3) is 5.56 Å². The Balaban J connectivity index is 2.39. The number of aromatic amines is 1. The molecule has 1 aromatic carbocycles. The number of carboxylic acids is 1. The number of carbonyl (C=O) groups is 2. The van der Waals surface area contributed by atoms with E-state index in [0.717, 1.165) is 0 Å². The van der Waals surface area contributed by atoms with Crippen LogP contribution >= 0.6 is 11.3 Å². The normalized spacial score (nSPS) is 12.9. The minimum Gasteiger partial charge on any atom is -0.493 e. The Morgan fingerprint density at radius 3 is 2.56 bits per heavy atom. The molecule has 0 saturated heterocycles. The van der Waals surface area contributed by atoms with Crippen molar-refractivity contribution in [3.8, 4) is 11.5 Å². The topological polar surface area (TPSA) is 106 Å². The second kappa shape index (κ2) is 8.22. The van der Waals surface area contributed by atoms with E-state index in [1.165, 1.54) is 24.5 Å². The number of hydrogen-bond donors (Lipinski definition) is 2. The first-order valence-corrected chi connectivity index (χ1v) is 8.91. The molecule has 0 bridgehead atoms. The second-order valence-corrected chi connectivity index (χ2v) is 7.86. The summed E-state index contributed by atoms with van der Waals surface area (Å²) in [5.41, 5.74) is -0.141. The molecular weight excluding hydrogens is 370 g/mol. The molecule has 0 spiro atoms. The molecule has 0 aliphatic rings. The Morgan fingerprint density at radius 2 is 1.96 bits per heavy atom. The van der Waals surface area contributed by atoms with E-state index in [9.17, 15) is 14.4 Å². The number of aliphatic carboxylic acids is 1. The molecule has 144 valence electrons. The molecule has 2 N–H and O–H groups in total. The highest BCUT2D eigenvalue weighted by Gasteiger charge is 2.18. The molecule has 0 unspecified atom stereocenters. The summed E-state index contributed by atoms with van der Waals surface area (Å²) in [6.07, 6.45) is 3.10. The third-order valence-electron chi connectivity index (χ3n) is 3.52. The number of methoxy groups -OCH3 is 1. The van der Waals surface area contributed by atoms with Gasteiger partial charge in [-0.3, -0.25) is 9.59 Å². The predicted molar refractivity (Wildman–Crippen MR) is 103 cm³/mol. The Kier molecular flexibility index (Phi) is 6.22. The maximum Gasteiger partial charge on any atom is 0.341 e. The first-order chi connectivity index (χ1) is 12.6. The van der Waals surface area contributed by atoms with Crippen molar-refractivity contribution in [2.24, 2.45) is 5.41 Å². The van der Waals surface area contributed by atoms with Gasteiger partial charge in [0.2, 0.25) is 0 Å². The molecule has 2 rings (SSSR count). The summed E-state index contributed by atoms with van der Waals surface area (Å²) in [6.45, 7) is 4.95. The number of aromatic nitrogens is 1. The van der Waals surface area contributed by atoms with Gasteiger partial charge in [-0.2, -0.15) is 0 Å². The lowest BCUT2D eigenvalue weighted by atomic mass is 9.91. The van der Waals surface area contributed by atoms with Crippen LogP contribution in [-0.2, 0) is 9.59 Å². The zero-order chi connectivity index (χ0) is 20.2. The maximum absolute atomic E-state index is 12.1. The third-order valence-corrected chi connectivity index (χ3v) is 4.48. The van der Waals surface area contributed by atoms with Crippen LogP contribution in [-0.4, -0.2) is 35.6 Å². The van der Waals surface area contributed by atoms with Gasteiger partial charge in [0.15, 0.2) is 23.9 Å². The van der Waals surface area contributed by atoms with E-state index in [1.807, 2.05) is 20.8 Å². The fourth-order valence-corrected chi connectivity index (χ4v) is 2.93. The average molecular weight is 391 g/mol. The SMILES string of the molecule is COc1cc(/C=c2/s/c(=C/C(=O)C(C)(C)C)[nH]c2=O)ccc1OCC(=O)O. The first-order valence-electron chi connectivity index (χ1n) is 8.10. The molecule has 2 aromatic rings. The zero-order valence-electron chi connectivity index (χ0n) is 15.5. The minimum absolute atomic E-state index is 0.0758. The number of benzene rings is 1. The van der Waals surface area contributed by atoms with Gasteiger partial charge in [0.05, 0.1) is 16.3 Å². The second-order valence-electron chi connectivity index (χ2n) is 6.78. The number of hydrogen-bond acceptors (Lipinski definition) is 6. The first kappa shape index (κ1) is 20.4. The number of nitrogens with one attached hydrogen (secondary N) is 1. The molecule has 0 atom stereocenters. The Hall–Kier alpha value is -2.87. The van der Waals surface area contributed by atoms with Crippen LogP contribution in [0.15, 0.2) is 23.0 Å². The molecule has 27 heavy (non-hydrogen) atoms. The van der Waals surface area contributed by atoms with E-state index in [0.29, 0.717) is 26.3 Å². The standard InChI is InChI=1S/C19H21NO6S/c1-19(2,3)15(21)9-16-20-18(24)14(27-16)8-11-5-6-12(13(7-11)25-4)26-10-17(22)23/h5-9H,10H2,1-4H3,(H,20,24)(H,22,23)/b14-8+,16-9+. The summed E-state index contributed by atoms with van der Waals surface area (Å²) in [6, 6.07) is 4.90. The molecule has 0 fully saturated rings. The van der Waals surface area contributed by atoms with Crippen LogP contribution in [0, 0.1) is 5.41 Å². The van der Waals surface area contributed by atoms with Crippen LogP contribution in [0.1, 0.15) is 26.3 Å². The van der Waals surface area contributed by atoms with Crippen LogP contribution in [0.5, 0.6) is 11.5 Å². The van der Waals surface area contributed by atoms with Crippen molar-refractivity contribution in [3.05, 3.63) is 43.3 Å². The van der Waals surface area contributed by atoms with E-state index in [-0.39, 0.29) is 11.3 Å². The fraction of sp³-hybridized carbons (Fsp3) is 0.316. The van der Waals surface area contributed by atoms with Crippen molar-refractivity contribution in [3.63, 3.8) is 0 Å². The van der Waals surface area contributed by atoms with Crippen molar-refractivity contribution in [1.29, 1.82) is 0 Å². The quantitative estimate of drug-likeness (QED) is 0.765. The van der Waals surface area contributed by atoms with Crippen LogP contribution in [0.3, 0.4) is 0 Å². The number of rotatable bonds is 6. The molecular formula is C19H21NO6S. The van der Waals surface area contributed by atoms with Crippen molar-refractivity contribution in [2.45, 2.75) is 20.8 Å². The van der Waals surface area contributed by atoms with Crippen LogP contribution in [0.2, 0.25) is 0 Å². The van der Waals surface area contributed by atoms with Crippen LogP contribution in [0.4, 0.5) is 0 Å². The summed E-state index contributed by atoms with van der Waals surface area (Å²) >= 11 is 1.18. The van der Waals surface area contributed by atoms with Crippen molar-refractivity contribution >= 4 is 35.2 Å². The molecule has 1 heterocycles. The van der Waals surface area contributed by atoms with Crippen LogP contribution in [0.25, 0.3) is 12.2 Å². The summed E-state index contributed by atoms with van der Waals surface area (Å²) in [4.78, 5) is 37.5. The lowest BCUT2D eigenvalue weighted by Gasteiger charge is -2.12. The number of thiazole rings is 1. The van der Waals surface area contributed by atoms with Gasteiger partial charge in [-0.25, -0.2) is 4.79 Å². The van der Waals surface area contributed by atoms with E-state index in [4.69, 9.17) is 14.6 Å². The van der Waals surface area contributed by atoms with Gasteiger partial charge in [0.1, 0.15) is 0 Å². The van der Waals surface area contributed by atoms with E-state index >= 15 is 0 Å². The highest BCUT2D eigenvalue weighted by molar-refractivity contribution is 7.07. The number of H-pyrrole nitrogens is 1. The summed E-state index contributed by atoms with van der Waals surface area (Å²) in [5.74, 6) is -0.519. The minimum atomic E-state index is -1.09. The Bertz CT molecular complexity index is 1030. The maximum atomic E-state index is 12.1. The number of Topliss-reactive ketones (excluding diaryl/α,β-unsaturated/α-hetero) is 1. The highest BCUT2D eigenvalue weighted by atomic mass is 32.1. The third kappa shape index (κ3) is 5.55. The predicted octanol–water partition coefficient (Wildman–Crippen LogP) is 1.13.